The van der Waals surface area contributed by atoms with Gasteiger partial charge in [-0.1, -0.05) is 25.0 Å². The van der Waals surface area contributed by atoms with Crippen LogP contribution in [0, 0.1) is 20.2 Å². The van der Waals surface area contributed by atoms with Gasteiger partial charge >= 0.3 is 11.9 Å². The molecule has 0 amide bonds. The number of carbonyl (C=O) groups excluding carboxylic acids is 2. The highest BCUT2D eigenvalue weighted by molar-refractivity contribution is 5.83. The maximum absolute atomic E-state index is 13.1. The van der Waals surface area contributed by atoms with E-state index in [1.807, 2.05) is 0 Å². The fourth-order valence-electron chi connectivity index (χ4n) is 3.81. The van der Waals surface area contributed by atoms with Crippen molar-refractivity contribution in [2.75, 3.05) is 13.2 Å². The number of nitrogens with zero attached hydrogens (tertiary/aromatic N) is 2. The molecular weight excluding hydrogens is 544 g/mol. The van der Waals surface area contributed by atoms with Crippen molar-refractivity contribution < 1.29 is 43.3 Å². The van der Waals surface area contributed by atoms with Gasteiger partial charge < -0.3 is 23.6 Å². The summed E-state index contributed by atoms with van der Waals surface area (Å²) in [7, 11) is 0. The highest BCUT2D eigenvalue weighted by Gasteiger charge is 2.13. The molecule has 0 aliphatic carbocycles. The van der Waals surface area contributed by atoms with Crippen molar-refractivity contribution in [2.45, 2.75) is 51.4 Å². The van der Waals surface area contributed by atoms with E-state index in [-0.39, 0.29) is 53.8 Å². The van der Waals surface area contributed by atoms with Crippen LogP contribution in [0.5, 0.6) is 11.5 Å². The van der Waals surface area contributed by atoms with Gasteiger partial charge in [0.25, 0.3) is 10.2 Å². The van der Waals surface area contributed by atoms with Gasteiger partial charge in [0.05, 0.1) is 24.2 Å². The van der Waals surface area contributed by atoms with Crippen molar-refractivity contribution in [2.24, 2.45) is 0 Å². The molecule has 0 aliphatic heterocycles. The van der Waals surface area contributed by atoms with Crippen LogP contribution in [0.4, 0.5) is 0 Å². The molecule has 14 nitrogen and oxygen atoms in total. The first-order chi connectivity index (χ1) is 19.7. The van der Waals surface area contributed by atoms with Gasteiger partial charge in [-0.05, 0) is 55.5 Å². The van der Waals surface area contributed by atoms with E-state index in [4.69, 9.17) is 13.9 Å². The van der Waals surface area contributed by atoms with Gasteiger partial charge in [-0.15, -0.1) is 20.2 Å². The third-order valence-electron chi connectivity index (χ3n) is 5.82. The molecule has 41 heavy (non-hydrogen) atoms. The number of esters is 2. The molecule has 14 heteroatoms. The number of hydrogen-bond acceptors (Lipinski definition) is 12. The first-order valence-corrected chi connectivity index (χ1v) is 12.8. The second kappa shape index (κ2) is 15.5. The quantitative estimate of drug-likeness (QED) is 0.0707. The number of unbranched alkanes of at least 4 members (excludes halogenated alkanes) is 4. The lowest BCUT2D eigenvalue weighted by molar-refractivity contribution is -0.757. The maximum atomic E-state index is 13.1. The molecule has 2 aromatic carbocycles. The summed E-state index contributed by atoms with van der Waals surface area (Å²) in [6.07, 6.45) is 4.58. The second-order valence-corrected chi connectivity index (χ2v) is 8.84. The molecule has 0 bridgehead atoms. The van der Waals surface area contributed by atoms with E-state index in [1.165, 1.54) is 24.5 Å². The number of hydrogen-bond donors (Lipinski definition) is 0. The lowest BCUT2D eigenvalue weighted by Gasteiger charge is -2.08. The maximum Gasteiger partial charge on any atom is 0.311 e. The number of fused-ring (bicyclic) bond motifs is 1. The Hall–Kier alpha value is -5.01. The molecule has 0 fully saturated rings. The van der Waals surface area contributed by atoms with Gasteiger partial charge in [-0.2, -0.15) is 0 Å². The van der Waals surface area contributed by atoms with E-state index < -0.39 is 22.1 Å². The summed E-state index contributed by atoms with van der Waals surface area (Å²) in [5, 5.41) is 18.8. The zero-order valence-electron chi connectivity index (χ0n) is 22.0. The normalized spacial score (nSPS) is 10.6. The van der Waals surface area contributed by atoms with E-state index >= 15 is 0 Å². The molecule has 3 aromatic rings. The molecule has 0 unspecified atom stereocenters. The fraction of sp³-hybridized carbons (Fsp3) is 0.370. The molecule has 0 saturated heterocycles. The summed E-state index contributed by atoms with van der Waals surface area (Å²) in [5.74, 6) is -0.415. The Bertz CT molecular complexity index is 1420. The van der Waals surface area contributed by atoms with Crippen molar-refractivity contribution in [1.82, 2.24) is 0 Å². The second-order valence-electron chi connectivity index (χ2n) is 8.84. The summed E-state index contributed by atoms with van der Waals surface area (Å²) >= 11 is 0. The van der Waals surface area contributed by atoms with Crippen molar-refractivity contribution in [1.29, 1.82) is 0 Å². The van der Waals surface area contributed by atoms with E-state index in [0.717, 1.165) is 0 Å². The number of benzene rings is 2. The number of ether oxygens (including phenoxy) is 2. The molecule has 0 saturated carbocycles. The van der Waals surface area contributed by atoms with Crippen molar-refractivity contribution >= 4 is 22.9 Å². The van der Waals surface area contributed by atoms with Gasteiger partial charge in [-0.25, -0.2) is 0 Å². The minimum absolute atomic E-state index is 0.0182. The lowest BCUT2D eigenvalue weighted by Crippen LogP contribution is -2.09. The Morgan fingerprint density at radius 1 is 0.732 bits per heavy atom. The zero-order chi connectivity index (χ0) is 29.6. The van der Waals surface area contributed by atoms with Crippen LogP contribution < -0.4 is 14.9 Å². The third kappa shape index (κ3) is 10.2. The van der Waals surface area contributed by atoms with Crippen LogP contribution in [-0.4, -0.2) is 35.3 Å². The Morgan fingerprint density at radius 2 is 1.27 bits per heavy atom. The molecule has 0 radical (unpaired) electrons. The standard InChI is InChI=1S/C27H28N2O12/c30-25(7-3-1-5-15-38-28(33)34)40-20-11-9-19(10-12-20)23-18-37-24-17-21(13-14-22(24)27(23)32)41-26(31)8-4-2-6-16-39-29(35)36/h9-14,17-18H,1-8,15-16H2. The van der Waals surface area contributed by atoms with Crippen LogP contribution in [0.2, 0.25) is 0 Å². The molecule has 3 rings (SSSR count). The molecule has 0 aliphatic rings. The monoisotopic (exact) mass is 572 g/mol. The van der Waals surface area contributed by atoms with Crippen molar-refractivity contribution in [3.8, 4) is 22.6 Å². The molecule has 0 spiro atoms. The molecular formula is C27H28N2O12. The SMILES string of the molecule is O=C(CCCCCO[N+](=O)[O-])Oc1ccc(-c2coc3cc(OC(=O)CCCCCO[N+](=O)[O-])ccc3c2=O)cc1. The van der Waals surface area contributed by atoms with E-state index in [2.05, 4.69) is 9.68 Å². The fourth-order valence-corrected chi connectivity index (χ4v) is 3.81. The Morgan fingerprint density at radius 3 is 1.83 bits per heavy atom. The lowest BCUT2D eigenvalue weighted by atomic mass is 10.1. The Kier molecular flexibility index (Phi) is 11.6. The largest absolute Gasteiger partial charge is 0.463 e. The number of carbonyl (C=O) groups is 2. The minimum atomic E-state index is -0.860. The van der Waals surface area contributed by atoms with Crippen LogP contribution in [0.15, 0.2) is 57.9 Å². The first-order valence-electron chi connectivity index (χ1n) is 12.8. The van der Waals surface area contributed by atoms with Crippen LogP contribution in [-0.2, 0) is 19.3 Å². The van der Waals surface area contributed by atoms with E-state index in [9.17, 15) is 34.6 Å². The van der Waals surface area contributed by atoms with Gasteiger partial charge in [0.15, 0.2) is 5.43 Å². The van der Waals surface area contributed by atoms with Gasteiger partial charge in [0.1, 0.15) is 23.3 Å². The Balaban J connectivity index is 1.51. The topological polar surface area (TPSA) is 188 Å². The van der Waals surface area contributed by atoms with Gasteiger partial charge in [0, 0.05) is 18.9 Å². The average molecular weight is 573 g/mol. The van der Waals surface area contributed by atoms with Gasteiger partial charge in [0.2, 0.25) is 0 Å². The smallest absolute Gasteiger partial charge is 0.311 e. The van der Waals surface area contributed by atoms with Crippen molar-refractivity contribution in [3.05, 3.63) is 79.2 Å². The van der Waals surface area contributed by atoms with Crippen LogP contribution in [0.25, 0.3) is 22.1 Å². The molecule has 1 heterocycles. The summed E-state index contributed by atoms with van der Waals surface area (Å²) < 4.78 is 16.2. The van der Waals surface area contributed by atoms with Crippen molar-refractivity contribution in [3.63, 3.8) is 0 Å². The van der Waals surface area contributed by atoms with E-state index in [1.54, 1.807) is 24.3 Å². The predicted molar refractivity (Wildman–Crippen MR) is 142 cm³/mol. The first kappa shape index (κ1) is 30.5. The van der Waals surface area contributed by atoms with Crippen LogP contribution >= 0.6 is 0 Å². The van der Waals surface area contributed by atoms with Gasteiger partial charge in [-0.3, -0.25) is 14.4 Å². The van der Waals surface area contributed by atoms with Crippen LogP contribution in [0.1, 0.15) is 51.4 Å². The predicted octanol–water partition coefficient (Wildman–Crippen LogP) is 4.81. The molecule has 0 atom stereocenters. The molecule has 1 aromatic heterocycles. The third-order valence-corrected chi connectivity index (χ3v) is 5.82. The zero-order valence-corrected chi connectivity index (χ0v) is 22.0. The highest BCUT2D eigenvalue weighted by atomic mass is 17.0. The molecule has 0 N–H and O–H groups in total. The molecule has 218 valence electrons. The highest BCUT2D eigenvalue weighted by Crippen LogP contribution is 2.25. The summed E-state index contributed by atoms with van der Waals surface area (Å²) in [6, 6.07) is 10.8. The minimum Gasteiger partial charge on any atom is -0.463 e. The Labute approximate surface area is 233 Å². The number of rotatable bonds is 17. The average Bonchev–Trinajstić information content (AvgIpc) is 2.93. The summed E-state index contributed by atoms with van der Waals surface area (Å²) in [4.78, 5) is 65.8. The van der Waals surface area contributed by atoms with E-state index in [0.29, 0.717) is 49.8 Å². The van der Waals surface area contributed by atoms with Crippen LogP contribution in [0.3, 0.4) is 0 Å². The summed E-state index contributed by atoms with van der Waals surface area (Å²) in [6.45, 7) is -0.0458. The summed E-state index contributed by atoms with van der Waals surface area (Å²) in [5.41, 5.74) is 0.770.